The molecule has 3 heterocycles. The number of pyridine rings is 2. The highest BCUT2D eigenvalue weighted by Crippen LogP contribution is 2.39. The van der Waals surface area contributed by atoms with Crippen LogP contribution in [0.4, 0.5) is 22.9 Å². The van der Waals surface area contributed by atoms with Crippen molar-refractivity contribution in [3.8, 4) is 16.9 Å². The molecule has 0 atom stereocenters. The number of fused-ring (bicyclic) bond motifs is 1. The van der Waals surface area contributed by atoms with Gasteiger partial charge in [0.1, 0.15) is 22.9 Å². The van der Waals surface area contributed by atoms with Crippen LogP contribution >= 0.6 is 0 Å². The van der Waals surface area contributed by atoms with Crippen LogP contribution in [0.2, 0.25) is 0 Å². The van der Waals surface area contributed by atoms with E-state index in [-0.39, 0.29) is 10.6 Å². The molecule has 3 aromatic heterocycles. The van der Waals surface area contributed by atoms with Crippen LogP contribution in [-0.2, 0) is 7.05 Å². The van der Waals surface area contributed by atoms with Crippen LogP contribution in [0.3, 0.4) is 0 Å². The van der Waals surface area contributed by atoms with E-state index in [4.69, 9.17) is 4.74 Å². The van der Waals surface area contributed by atoms with Gasteiger partial charge in [-0.05, 0) is 43.9 Å². The first kappa shape index (κ1) is 24.0. The van der Waals surface area contributed by atoms with Gasteiger partial charge in [-0.2, -0.15) is 0 Å². The molecule has 0 aliphatic rings. The Labute approximate surface area is 203 Å². The molecule has 4 aromatic rings. The normalized spacial score (nSPS) is 11.1. The maximum atomic E-state index is 11.9. The van der Waals surface area contributed by atoms with Crippen molar-refractivity contribution in [2.45, 2.75) is 0 Å². The van der Waals surface area contributed by atoms with E-state index < -0.39 is 0 Å². The Balaban J connectivity index is 1.70. The van der Waals surface area contributed by atoms with Crippen molar-refractivity contribution in [2.24, 2.45) is 7.05 Å². The Morgan fingerprint density at radius 2 is 1.91 bits per heavy atom. The lowest BCUT2D eigenvalue weighted by Crippen LogP contribution is -2.28. The summed E-state index contributed by atoms with van der Waals surface area (Å²) in [6.07, 6.45) is 5.50. The van der Waals surface area contributed by atoms with Crippen molar-refractivity contribution < 1.29 is 9.66 Å². The number of methoxy groups -OCH3 is 1. The minimum Gasteiger partial charge on any atom is -0.494 e. The predicted octanol–water partition coefficient (Wildman–Crippen LogP) is 4.29. The van der Waals surface area contributed by atoms with E-state index in [1.165, 1.54) is 6.07 Å². The molecule has 0 spiro atoms. The minimum atomic E-state index is -0.376. The van der Waals surface area contributed by atoms with E-state index in [9.17, 15) is 10.1 Å². The van der Waals surface area contributed by atoms with Crippen LogP contribution in [0.25, 0.3) is 22.2 Å². The lowest BCUT2D eigenvalue weighted by Gasteiger charge is -2.23. The quantitative estimate of drug-likeness (QED) is 0.283. The maximum Gasteiger partial charge on any atom is 0.294 e. The summed E-state index contributed by atoms with van der Waals surface area (Å²) < 4.78 is 7.57. The van der Waals surface area contributed by atoms with Gasteiger partial charge in [-0.25, -0.2) is 9.97 Å². The molecule has 0 unspecified atom stereocenters. The van der Waals surface area contributed by atoms with Crippen LogP contribution in [-0.4, -0.2) is 65.7 Å². The van der Waals surface area contributed by atoms with Crippen molar-refractivity contribution in [3.05, 3.63) is 65.1 Å². The molecular formula is C25H29N7O3. The average molecular weight is 476 g/mol. The van der Waals surface area contributed by atoms with Crippen LogP contribution in [0, 0.1) is 10.1 Å². The second kappa shape index (κ2) is 9.98. The van der Waals surface area contributed by atoms with Crippen molar-refractivity contribution in [1.82, 2.24) is 19.4 Å². The lowest BCUT2D eigenvalue weighted by atomic mass is 10.1. The molecule has 0 saturated carbocycles. The third-order valence-corrected chi connectivity index (χ3v) is 5.85. The number of anilines is 3. The fraction of sp³-hybridized carbons (Fsp3) is 0.280. The Hall–Kier alpha value is -4.18. The molecule has 0 fully saturated rings. The molecular weight excluding hydrogens is 446 g/mol. The fourth-order valence-corrected chi connectivity index (χ4v) is 3.99. The number of rotatable bonds is 9. The smallest absolute Gasteiger partial charge is 0.294 e. The van der Waals surface area contributed by atoms with E-state index in [2.05, 4.69) is 15.3 Å². The summed E-state index contributed by atoms with van der Waals surface area (Å²) >= 11 is 0. The van der Waals surface area contributed by atoms with Gasteiger partial charge >= 0.3 is 0 Å². The SMILES string of the molecule is COc1cc(N(C)CCN(C)C)c([N+](=O)[O-])cc1Nc1cc(-c2cn(C)c3ncccc23)ccn1. The number of nitro groups is 1. The molecule has 1 N–H and O–H groups in total. The molecule has 0 radical (unpaired) electrons. The first-order valence-electron chi connectivity index (χ1n) is 11.1. The number of aromatic nitrogens is 3. The Morgan fingerprint density at radius 3 is 2.63 bits per heavy atom. The van der Waals surface area contributed by atoms with Crippen LogP contribution in [0.1, 0.15) is 0 Å². The molecule has 0 amide bonds. The van der Waals surface area contributed by atoms with Gasteiger partial charge in [-0.15, -0.1) is 0 Å². The van der Waals surface area contributed by atoms with Gasteiger partial charge in [-0.3, -0.25) is 10.1 Å². The molecule has 0 saturated heterocycles. The Morgan fingerprint density at radius 1 is 1.11 bits per heavy atom. The average Bonchev–Trinajstić information content (AvgIpc) is 3.19. The van der Waals surface area contributed by atoms with Crippen molar-refractivity contribution in [1.29, 1.82) is 0 Å². The second-order valence-corrected chi connectivity index (χ2v) is 8.61. The predicted molar refractivity (Wildman–Crippen MR) is 139 cm³/mol. The molecule has 10 nitrogen and oxygen atoms in total. The van der Waals surface area contributed by atoms with Gasteiger partial charge in [0.05, 0.1) is 17.7 Å². The molecule has 0 aliphatic carbocycles. The van der Waals surface area contributed by atoms with Gasteiger partial charge in [0.2, 0.25) is 0 Å². The number of ether oxygens (including phenoxy) is 1. The zero-order valence-corrected chi connectivity index (χ0v) is 20.5. The first-order chi connectivity index (χ1) is 16.8. The summed E-state index contributed by atoms with van der Waals surface area (Å²) in [6.45, 7) is 1.39. The Bertz CT molecular complexity index is 1370. The summed E-state index contributed by atoms with van der Waals surface area (Å²) in [5.74, 6) is 1.04. The number of aryl methyl sites for hydroxylation is 1. The van der Waals surface area contributed by atoms with Crippen LogP contribution in [0.15, 0.2) is 55.0 Å². The van der Waals surface area contributed by atoms with Crippen molar-refractivity contribution in [2.75, 3.05) is 51.6 Å². The third kappa shape index (κ3) is 5.02. The van der Waals surface area contributed by atoms with Gasteiger partial charge in [0.25, 0.3) is 5.69 Å². The van der Waals surface area contributed by atoms with Gasteiger partial charge in [0, 0.05) is 68.9 Å². The number of benzene rings is 1. The monoisotopic (exact) mass is 475 g/mol. The number of nitrogens with zero attached hydrogens (tertiary/aromatic N) is 6. The van der Waals surface area contributed by atoms with Crippen LogP contribution < -0.4 is 15.0 Å². The summed E-state index contributed by atoms with van der Waals surface area (Å²) in [6, 6.07) is 11.0. The Kier molecular flexibility index (Phi) is 6.83. The largest absolute Gasteiger partial charge is 0.494 e. The standard InChI is InChI=1S/C25H29N7O3/c1-29(2)11-12-30(3)21-15-23(35-5)20(14-22(21)32(33)34)28-24-13-17(8-10-26-24)19-16-31(4)25-18(19)7-6-9-27-25/h6-10,13-16H,11-12H2,1-5H3,(H,26,28). The number of nitro benzene ring substituents is 1. The highest BCUT2D eigenvalue weighted by molar-refractivity contribution is 5.94. The second-order valence-electron chi connectivity index (χ2n) is 8.61. The van der Waals surface area contributed by atoms with E-state index in [0.29, 0.717) is 29.5 Å². The van der Waals surface area contributed by atoms with E-state index in [0.717, 1.165) is 28.7 Å². The summed E-state index contributed by atoms with van der Waals surface area (Å²) in [5, 5.41) is 16.2. The number of nitrogens with one attached hydrogen (secondary N) is 1. The van der Waals surface area contributed by atoms with E-state index in [1.54, 1.807) is 25.6 Å². The fourth-order valence-electron chi connectivity index (χ4n) is 3.99. The molecule has 182 valence electrons. The highest BCUT2D eigenvalue weighted by Gasteiger charge is 2.22. The lowest BCUT2D eigenvalue weighted by molar-refractivity contribution is -0.384. The zero-order chi connectivity index (χ0) is 25.1. The number of hydrogen-bond acceptors (Lipinski definition) is 8. The minimum absolute atomic E-state index is 0.00848. The van der Waals surface area contributed by atoms with E-state index in [1.807, 2.05) is 73.0 Å². The van der Waals surface area contributed by atoms with Gasteiger partial charge in [-0.1, -0.05) is 0 Å². The maximum absolute atomic E-state index is 11.9. The molecule has 10 heteroatoms. The van der Waals surface area contributed by atoms with Crippen molar-refractivity contribution >= 4 is 33.9 Å². The van der Waals surface area contributed by atoms with Crippen molar-refractivity contribution in [3.63, 3.8) is 0 Å². The highest BCUT2D eigenvalue weighted by atomic mass is 16.6. The molecule has 1 aromatic carbocycles. The number of likely N-dealkylation sites (N-methyl/N-ethyl adjacent to an activating group) is 2. The zero-order valence-electron chi connectivity index (χ0n) is 20.5. The molecule has 0 aliphatic heterocycles. The molecule has 0 bridgehead atoms. The molecule has 35 heavy (non-hydrogen) atoms. The summed E-state index contributed by atoms with van der Waals surface area (Å²) in [7, 11) is 9.27. The van der Waals surface area contributed by atoms with Crippen LogP contribution in [0.5, 0.6) is 5.75 Å². The third-order valence-electron chi connectivity index (χ3n) is 5.85. The first-order valence-corrected chi connectivity index (χ1v) is 11.1. The van der Waals surface area contributed by atoms with E-state index >= 15 is 0 Å². The number of hydrogen-bond donors (Lipinski definition) is 1. The molecule has 4 rings (SSSR count). The topological polar surface area (TPSA) is 102 Å². The summed E-state index contributed by atoms with van der Waals surface area (Å²) in [5.41, 5.74) is 3.81. The van der Waals surface area contributed by atoms with Gasteiger partial charge < -0.3 is 24.4 Å². The van der Waals surface area contributed by atoms with Gasteiger partial charge in [0.15, 0.2) is 0 Å². The summed E-state index contributed by atoms with van der Waals surface area (Å²) in [4.78, 5) is 24.3.